The molecule has 0 bridgehead atoms. The number of carbonyl (C=O) groups is 1. The molecule has 192 valence electrons. The van der Waals surface area contributed by atoms with Crippen molar-refractivity contribution in [3.8, 4) is 11.1 Å². The van der Waals surface area contributed by atoms with Crippen LogP contribution in [0.4, 0.5) is 5.69 Å². The first kappa shape index (κ1) is 23.1. The van der Waals surface area contributed by atoms with E-state index in [1.807, 2.05) is 30.5 Å². The Labute approximate surface area is 221 Å². The summed E-state index contributed by atoms with van der Waals surface area (Å²) in [7, 11) is 0. The smallest absolute Gasteiger partial charge is 0.274 e. The van der Waals surface area contributed by atoms with Gasteiger partial charge < -0.3 is 10.3 Å². The molecule has 1 atom stereocenters. The lowest BCUT2D eigenvalue weighted by Crippen LogP contribution is -2.54. The predicted molar refractivity (Wildman–Crippen MR) is 150 cm³/mol. The summed E-state index contributed by atoms with van der Waals surface area (Å²) in [5.41, 5.74) is 6.11. The number of nitrogens with one attached hydrogen (secondary N) is 3. The highest BCUT2D eigenvalue weighted by Crippen LogP contribution is 2.34. The second kappa shape index (κ2) is 9.70. The molecule has 1 amide bonds. The molecule has 0 saturated carbocycles. The number of aromatic nitrogens is 4. The zero-order valence-corrected chi connectivity index (χ0v) is 21.3. The molecule has 2 aliphatic rings. The predicted octanol–water partition coefficient (Wildman–Crippen LogP) is 5.03. The van der Waals surface area contributed by atoms with Crippen LogP contribution in [0.1, 0.15) is 35.4 Å². The summed E-state index contributed by atoms with van der Waals surface area (Å²) >= 11 is 0. The molecule has 5 heterocycles. The topological polar surface area (TPSA) is 92.9 Å². The maximum absolute atomic E-state index is 13.4. The number of anilines is 1. The van der Waals surface area contributed by atoms with Gasteiger partial charge in [0.2, 0.25) is 0 Å². The first-order chi connectivity index (χ1) is 18.7. The van der Waals surface area contributed by atoms with E-state index in [4.69, 9.17) is 4.98 Å². The normalized spacial score (nSPS) is 18.6. The number of pyridine rings is 1. The van der Waals surface area contributed by atoms with Gasteiger partial charge >= 0.3 is 0 Å². The van der Waals surface area contributed by atoms with Crippen LogP contribution in [-0.2, 0) is 6.54 Å². The number of hydrogen-bond acceptors (Lipinski definition) is 5. The van der Waals surface area contributed by atoms with E-state index >= 15 is 0 Å². The second-order valence-corrected chi connectivity index (χ2v) is 10.5. The van der Waals surface area contributed by atoms with Crippen molar-refractivity contribution in [2.45, 2.75) is 31.8 Å². The average molecular weight is 506 g/mol. The lowest BCUT2D eigenvalue weighted by molar-refractivity contribution is 0.0451. The second-order valence-electron chi connectivity index (χ2n) is 10.5. The van der Waals surface area contributed by atoms with Crippen LogP contribution >= 0.6 is 0 Å². The zero-order chi connectivity index (χ0) is 25.5. The Morgan fingerprint density at radius 1 is 1.00 bits per heavy atom. The molecular formula is C30H31N7O. The van der Waals surface area contributed by atoms with Crippen molar-refractivity contribution in [2.24, 2.45) is 0 Å². The Morgan fingerprint density at radius 3 is 2.92 bits per heavy atom. The highest BCUT2D eigenvalue weighted by Gasteiger charge is 2.29. The van der Waals surface area contributed by atoms with Crippen molar-refractivity contribution in [3.63, 3.8) is 0 Å². The molecule has 0 spiro atoms. The lowest BCUT2D eigenvalue weighted by Gasteiger charge is -2.44. The van der Waals surface area contributed by atoms with E-state index in [0.717, 1.165) is 64.8 Å². The van der Waals surface area contributed by atoms with Crippen molar-refractivity contribution in [1.29, 1.82) is 0 Å². The quantitative estimate of drug-likeness (QED) is 0.312. The molecule has 7 rings (SSSR count). The molecule has 2 aliphatic heterocycles. The number of piperazine rings is 1. The molecule has 8 nitrogen and oxygen atoms in total. The van der Waals surface area contributed by atoms with E-state index in [-0.39, 0.29) is 5.91 Å². The monoisotopic (exact) mass is 505 g/mol. The number of nitrogens with zero attached hydrogens (tertiary/aromatic N) is 4. The minimum absolute atomic E-state index is 0.219. The SMILES string of the molecule is O=C(Nc1cc(-c2cccc3[nH]ccc23)cc2[nH]ncc12)c1cccc(CN2CCN3CCCCC3C2)n1. The van der Waals surface area contributed by atoms with Gasteiger partial charge in [0.25, 0.3) is 5.91 Å². The third kappa shape index (κ3) is 4.36. The molecule has 0 radical (unpaired) electrons. The van der Waals surface area contributed by atoms with E-state index in [1.165, 1.54) is 25.8 Å². The van der Waals surface area contributed by atoms with E-state index in [2.05, 4.69) is 54.6 Å². The molecule has 1 unspecified atom stereocenters. The van der Waals surface area contributed by atoms with E-state index in [9.17, 15) is 4.79 Å². The minimum Gasteiger partial charge on any atom is -0.361 e. The molecular weight excluding hydrogens is 474 g/mol. The number of aromatic amines is 2. The molecule has 2 fully saturated rings. The summed E-state index contributed by atoms with van der Waals surface area (Å²) in [5.74, 6) is -0.219. The number of hydrogen-bond donors (Lipinski definition) is 3. The van der Waals surface area contributed by atoms with Crippen LogP contribution in [0.25, 0.3) is 32.9 Å². The molecule has 2 saturated heterocycles. The van der Waals surface area contributed by atoms with Crippen molar-refractivity contribution in [3.05, 3.63) is 78.4 Å². The van der Waals surface area contributed by atoms with Crippen LogP contribution in [-0.4, -0.2) is 68.1 Å². The van der Waals surface area contributed by atoms with E-state index in [1.54, 1.807) is 12.3 Å². The van der Waals surface area contributed by atoms with Crippen LogP contribution in [0.5, 0.6) is 0 Å². The summed E-state index contributed by atoms with van der Waals surface area (Å²) in [6.45, 7) is 5.26. The van der Waals surface area contributed by atoms with Crippen LogP contribution < -0.4 is 5.32 Å². The van der Waals surface area contributed by atoms with Crippen molar-refractivity contribution >= 4 is 33.4 Å². The molecule has 0 aliphatic carbocycles. The highest BCUT2D eigenvalue weighted by atomic mass is 16.1. The number of piperidine rings is 1. The van der Waals surface area contributed by atoms with Crippen LogP contribution in [0, 0.1) is 0 Å². The van der Waals surface area contributed by atoms with E-state index < -0.39 is 0 Å². The van der Waals surface area contributed by atoms with Crippen molar-refractivity contribution in [2.75, 3.05) is 31.5 Å². The number of benzene rings is 2. The largest absolute Gasteiger partial charge is 0.361 e. The maximum atomic E-state index is 13.4. The summed E-state index contributed by atoms with van der Waals surface area (Å²) in [4.78, 5) is 26.6. The molecule has 38 heavy (non-hydrogen) atoms. The van der Waals surface area contributed by atoms with Gasteiger partial charge in [-0.25, -0.2) is 4.98 Å². The minimum atomic E-state index is -0.219. The van der Waals surface area contributed by atoms with Gasteiger partial charge in [0.05, 0.1) is 23.1 Å². The fourth-order valence-corrected chi connectivity index (χ4v) is 6.12. The maximum Gasteiger partial charge on any atom is 0.274 e. The number of rotatable bonds is 5. The Bertz CT molecular complexity index is 1620. The highest BCUT2D eigenvalue weighted by molar-refractivity contribution is 6.09. The van der Waals surface area contributed by atoms with Gasteiger partial charge in [0, 0.05) is 54.7 Å². The van der Waals surface area contributed by atoms with Crippen LogP contribution in [0.15, 0.2) is 67.0 Å². The third-order valence-electron chi connectivity index (χ3n) is 8.06. The van der Waals surface area contributed by atoms with Gasteiger partial charge in [-0.05, 0) is 66.9 Å². The zero-order valence-electron chi connectivity index (χ0n) is 21.3. The molecule has 8 heteroatoms. The summed E-state index contributed by atoms with van der Waals surface area (Å²) < 4.78 is 0. The Balaban J connectivity index is 1.13. The number of fused-ring (bicyclic) bond motifs is 3. The van der Waals surface area contributed by atoms with Crippen molar-refractivity contribution < 1.29 is 4.79 Å². The number of carbonyl (C=O) groups excluding carboxylic acids is 1. The van der Waals surface area contributed by atoms with Gasteiger partial charge in [-0.2, -0.15) is 5.10 Å². The fraction of sp³-hybridized carbons (Fsp3) is 0.300. The summed E-state index contributed by atoms with van der Waals surface area (Å²) in [6, 6.07) is 18.8. The van der Waals surface area contributed by atoms with Gasteiger partial charge in [-0.1, -0.05) is 24.6 Å². The Kier molecular flexibility index (Phi) is 5.91. The lowest BCUT2D eigenvalue weighted by atomic mass is 9.99. The third-order valence-corrected chi connectivity index (χ3v) is 8.06. The number of amides is 1. The standard InChI is InChI=1S/C30H31N7O/c38-30(27-9-3-5-21(33-27)18-36-13-14-37-12-2-1-6-22(37)19-36)34-28-15-20(16-29-25(28)17-32-35-29)23-7-4-8-26-24(23)10-11-31-26/h3-5,7-11,15-17,22,31H,1-2,6,12-14,18-19H2,(H,32,35)(H,34,38). The van der Waals surface area contributed by atoms with Gasteiger partial charge in [0.15, 0.2) is 0 Å². The summed E-state index contributed by atoms with van der Waals surface area (Å²) in [5, 5.41) is 12.4. The average Bonchev–Trinajstić information content (AvgIpc) is 3.63. The van der Waals surface area contributed by atoms with Crippen LogP contribution in [0.3, 0.4) is 0 Å². The first-order valence-electron chi connectivity index (χ1n) is 13.5. The van der Waals surface area contributed by atoms with E-state index in [0.29, 0.717) is 17.4 Å². The van der Waals surface area contributed by atoms with Gasteiger partial charge in [-0.15, -0.1) is 0 Å². The first-order valence-corrected chi connectivity index (χ1v) is 13.5. The number of H-pyrrole nitrogens is 2. The Hall–Kier alpha value is -4.01. The molecule has 5 aromatic rings. The summed E-state index contributed by atoms with van der Waals surface area (Å²) in [6.07, 6.45) is 7.63. The fourth-order valence-electron chi connectivity index (χ4n) is 6.12. The van der Waals surface area contributed by atoms with Gasteiger partial charge in [0.1, 0.15) is 5.69 Å². The van der Waals surface area contributed by atoms with Crippen molar-refractivity contribution in [1.82, 2.24) is 30.0 Å². The molecule has 3 aromatic heterocycles. The molecule has 2 aromatic carbocycles. The molecule has 3 N–H and O–H groups in total. The Morgan fingerprint density at radius 2 is 1.95 bits per heavy atom. The van der Waals surface area contributed by atoms with Crippen LogP contribution in [0.2, 0.25) is 0 Å². The van der Waals surface area contributed by atoms with Gasteiger partial charge in [-0.3, -0.25) is 19.7 Å².